The van der Waals surface area contributed by atoms with E-state index < -0.39 is 0 Å². The lowest BCUT2D eigenvalue weighted by Gasteiger charge is -2.31. The first-order valence-corrected chi connectivity index (χ1v) is 6.21. The van der Waals surface area contributed by atoms with Crippen molar-refractivity contribution in [1.82, 2.24) is 4.90 Å². The van der Waals surface area contributed by atoms with Gasteiger partial charge in [-0.15, -0.1) is 0 Å². The van der Waals surface area contributed by atoms with Gasteiger partial charge in [0.2, 0.25) is 0 Å². The van der Waals surface area contributed by atoms with Crippen LogP contribution >= 0.6 is 0 Å². The number of nitriles is 1. The normalized spacial score (nSPS) is 20.7. The lowest BCUT2D eigenvalue weighted by Crippen LogP contribution is -2.38. The highest BCUT2D eigenvalue weighted by Gasteiger charge is 2.23. The molecular weight excluding hydrogens is 208 g/mol. The van der Waals surface area contributed by atoms with Crippen molar-refractivity contribution in [2.45, 2.75) is 32.4 Å². The molecule has 0 saturated carbocycles. The van der Waals surface area contributed by atoms with Gasteiger partial charge in [0.15, 0.2) is 0 Å². The second-order valence-electron chi connectivity index (χ2n) is 4.41. The zero-order valence-corrected chi connectivity index (χ0v) is 10.3. The summed E-state index contributed by atoms with van der Waals surface area (Å²) in [5.74, 6) is 0. The molecule has 0 saturated heterocycles. The van der Waals surface area contributed by atoms with Gasteiger partial charge in [0, 0.05) is 13.1 Å². The highest BCUT2D eigenvalue weighted by atomic mass is 15.2. The maximum absolute atomic E-state index is 9.31. The summed E-state index contributed by atoms with van der Waals surface area (Å²) in [6.07, 6.45) is 4.27. The van der Waals surface area contributed by atoms with Crippen LogP contribution in [0.15, 0.2) is 42.0 Å². The Bertz CT molecular complexity index is 428. The van der Waals surface area contributed by atoms with Crippen molar-refractivity contribution >= 4 is 0 Å². The summed E-state index contributed by atoms with van der Waals surface area (Å²) in [7, 11) is 0. The molecule has 1 aromatic rings. The highest BCUT2D eigenvalue weighted by Crippen LogP contribution is 2.22. The molecule has 0 N–H and O–H groups in total. The minimum Gasteiger partial charge on any atom is -0.280 e. The number of benzene rings is 1. The molecule has 0 radical (unpaired) electrons. The summed E-state index contributed by atoms with van der Waals surface area (Å²) in [5.41, 5.74) is 2.56. The summed E-state index contributed by atoms with van der Waals surface area (Å²) in [6.45, 7) is 3.98. The standard InChI is InChI=1S/C15H18N2/c1-2-14-9-6-10-17(15(14)11-16)12-13-7-4-3-5-8-13/h3-5,7-9,15H,2,6,10,12H2,1H3. The quantitative estimate of drug-likeness (QED) is 0.740. The van der Waals surface area contributed by atoms with Crippen LogP contribution in [-0.2, 0) is 6.54 Å². The second-order valence-corrected chi connectivity index (χ2v) is 4.41. The Morgan fingerprint density at radius 2 is 2.12 bits per heavy atom. The van der Waals surface area contributed by atoms with Crippen LogP contribution in [0, 0.1) is 11.3 Å². The van der Waals surface area contributed by atoms with Crippen molar-refractivity contribution in [3.05, 3.63) is 47.5 Å². The van der Waals surface area contributed by atoms with E-state index in [0.29, 0.717) is 0 Å². The van der Waals surface area contributed by atoms with E-state index in [1.54, 1.807) is 0 Å². The van der Waals surface area contributed by atoms with E-state index in [4.69, 9.17) is 0 Å². The first-order chi connectivity index (χ1) is 8.35. The first kappa shape index (κ1) is 11.9. The number of rotatable bonds is 3. The van der Waals surface area contributed by atoms with E-state index in [1.807, 2.05) is 6.07 Å². The van der Waals surface area contributed by atoms with E-state index in [1.165, 1.54) is 11.1 Å². The van der Waals surface area contributed by atoms with E-state index >= 15 is 0 Å². The zero-order valence-electron chi connectivity index (χ0n) is 10.3. The first-order valence-electron chi connectivity index (χ1n) is 6.21. The van der Waals surface area contributed by atoms with Gasteiger partial charge >= 0.3 is 0 Å². The summed E-state index contributed by atoms with van der Waals surface area (Å²) < 4.78 is 0. The Kier molecular flexibility index (Phi) is 3.95. The average Bonchev–Trinajstić information content (AvgIpc) is 2.39. The number of hydrogen-bond donors (Lipinski definition) is 0. The molecule has 0 fully saturated rings. The van der Waals surface area contributed by atoms with Gasteiger partial charge in [-0.2, -0.15) is 5.26 Å². The van der Waals surface area contributed by atoms with E-state index in [0.717, 1.165) is 25.9 Å². The third-order valence-corrected chi connectivity index (χ3v) is 3.30. The van der Waals surface area contributed by atoms with E-state index in [9.17, 15) is 5.26 Å². The highest BCUT2D eigenvalue weighted by molar-refractivity contribution is 5.24. The molecule has 1 unspecified atom stereocenters. The second kappa shape index (κ2) is 5.65. The van der Waals surface area contributed by atoms with Crippen LogP contribution < -0.4 is 0 Å². The van der Waals surface area contributed by atoms with Crippen LogP contribution in [0.4, 0.5) is 0 Å². The fourth-order valence-corrected chi connectivity index (χ4v) is 2.38. The van der Waals surface area contributed by atoms with Crippen molar-refractivity contribution in [1.29, 1.82) is 5.26 Å². The fourth-order valence-electron chi connectivity index (χ4n) is 2.38. The van der Waals surface area contributed by atoms with Crippen LogP contribution in [0.25, 0.3) is 0 Å². The Morgan fingerprint density at radius 3 is 2.76 bits per heavy atom. The smallest absolute Gasteiger partial charge is 0.120 e. The van der Waals surface area contributed by atoms with Gasteiger partial charge in [0.1, 0.15) is 6.04 Å². The number of nitrogens with zero attached hydrogens (tertiary/aromatic N) is 2. The van der Waals surface area contributed by atoms with E-state index in [-0.39, 0.29) is 6.04 Å². The zero-order chi connectivity index (χ0) is 12.1. The van der Waals surface area contributed by atoms with Crippen LogP contribution in [0.5, 0.6) is 0 Å². The minimum absolute atomic E-state index is 0.0334. The molecule has 2 heteroatoms. The number of hydrogen-bond acceptors (Lipinski definition) is 2. The fraction of sp³-hybridized carbons (Fsp3) is 0.400. The lowest BCUT2D eigenvalue weighted by molar-refractivity contribution is 0.237. The van der Waals surface area contributed by atoms with Gasteiger partial charge in [-0.05, 0) is 24.0 Å². The maximum atomic E-state index is 9.31. The summed E-state index contributed by atoms with van der Waals surface area (Å²) >= 11 is 0. The molecule has 1 aromatic carbocycles. The predicted octanol–water partition coefficient (Wildman–Crippen LogP) is 3.12. The van der Waals surface area contributed by atoms with Gasteiger partial charge in [-0.1, -0.05) is 43.3 Å². The van der Waals surface area contributed by atoms with Crippen molar-refractivity contribution in [2.75, 3.05) is 6.54 Å². The Labute approximate surface area is 103 Å². The third kappa shape index (κ3) is 2.75. The SMILES string of the molecule is CCC1=CCCN(Cc2ccccc2)C1C#N. The van der Waals surface area contributed by atoms with Gasteiger partial charge in [0.05, 0.1) is 6.07 Å². The van der Waals surface area contributed by atoms with E-state index in [2.05, 4.69) is 48.2 Å². The lowest BCUT2D eigenvalue weighted by atomic mass is 9.98. The molecule has 0 bridgehead atoms. The monoisotopic (exact) mass is 226 g/mol. The third-order valence-electron chi connectivity index (χ3n) is 3.30. The molecule has 88 valence electrons. The molecule has 1 atom stereocenters. The Balaban J connectivity index is 2.12. The van der Waals surface area contributed by atoms with Gasteiger partial charge < -0.3 is 0 Å². The summed E-state index contributed by atoms with van der Waals surface area (Å²) in [4.78, 5) is 2.27. The van der Waals surface area contributed by atoms with Crippen molar-refractivity contribution in [3.8, 4) is 6.07 Å². The molecule has 1 aliphatic rings. The topological polar surface area (TPSA) is 27.0 Å². The Morgan fingerprint density at radius 1 is 1.35 bits per heavy atom. The summed E-state index contributed by atoms with van der Waals surface area (Å²) in [5, 5.41) is 9.31. The maximum Gasteiger partial charge on any atom is 0.120 e. The van der Waals surface area contributed by atoms with Gasteiger partial charge in [-0.25, -0.2) is 0 Å². The van der Waals surface area contributed by atoms with Crippen molar-refractivity contribution in [3.63, 3.8) is 0 Å². The van der Waals surface area contributed by atoms with Crippen molar-refractivity contribution < 1.29 is 0 Å². The molecule has 0 amide bonds. The average molecular weight is 226 g/mol. The summed E-state index contributed by atoms with van der Waals surface area (Å²) in [6, 6.07) is 12.8. The largest absolute Gasteiger partial charge is 0.280 e. The van der Waals surface area contributed by atoms with Crippen LogP contribution in [0.2, 0.25) is 0 Å². The molecule has 0 aliphatic carbocycles. The predicted molar refractivity (Wildman–Crippen MR) is 69.2 cm³/mol. The molecular formula is C15H18N2. The molecule has 2 nitrogen and oxygen atoms in total. The molecule has 2 rings (SSSR count). The van der Waals surface area contributed by atoms with Crippen LogP contribution in [0.3, 0.4) is 0 Å². The Hall–Kier alpha value is -1.59. The minimum atomic E-state index is -0.0334. The van der Waals surface area contributed by atoms with Crippen LogP contribution in [0.1, 0.15) is 25.3 Å². The van der Waals surface area contributed by atoms with Gasteiger partial charge in [-0.3, -0.25) is 4.90 Å². The molecule has 0 spiro atoms. The van der Waals surface area contributed by atoms with Crippen molar-refractivity contribution in [2.24, 2.45) is 0 Å². The van der Waals surface area contributed by atoms with Crippen LogP contribution in [-0.4, -0.2) is 17.5 Å². The molecule has 17 heavy (non-hydrogen) atoms. The molecule has 1 heterocycles. The molecule has 0 aromatic heterocycles. The molecule has 1 aliphatic heterocycles. The van der Waals surface area contributed by atoms with Gasteiger partial charge in [0.25, 0.3) is 0 Å².